The number of carbonyl (C=O) groups is 3. The Kier molecular flexibility index (Phi) is 8.10. The van der Waals surface area contributed by atoms with Crippen molar-refractivity contribution in [2.24, 2.45) is 0 Å². The van der Waals surface area contributed by atoms with Gasteiger partial charge in [-0.15, -0.1) is 0 Å². The van der Waals surface area contributed by atoms with E-state index in [-0.39, 0.29) is 59.3 Å². The van der Waals surface area contributed by atoms with Crippen LogP contribution >= 0.6 is 0 Å². The van der Waals surface area contributed by atoms with Crippen LogP contribution in [0.5, 0.6) is 5.75 Å². The topological polar surface area (TPSA) is 172 Å². The lowest BCUT2D eigenvalue weighted by Crippen LogP contribution is -2.34. The van der Waals surface area contributed by atoms with Crippen molar-refractivity contribution in [1.82, 2.24) is 14.9 Å². The van der Waals surface area contributed by atoms with Gasteiger partial charge in [0.25, 0.3) is 5.91 Å². The van der Waals surface area contributed by atoms with Crippen LogP contribution < -0.4 is 10.7 Å². The van der Waals surface area contributed by atoms with Crippen molar-refractivity contribution in [3.8, 4) is 28.2 Å². The second-order valence-corrected chi connectivity index (χ2v) is 11.9. The second-order valence-electron chi connectivity index (χ2n) is 11.9. The number of rotatable bonds is 9. The summed E-state index contributed by atoms with van der Waals surface area (Å²) in [5.41, 5.74) is 4.12. The van der Waals surface area contributed by atoms with Crippen molar-refractivity contribution in [2.45, 2.75) is 32.0 Å². The molecular formula is C37H31N3O9. The van der Waals surface area contributed by atoms with Crippen molar-refractivity contribution >= 4 is 39.7 Å². The lowest BCUT2D eigenvalue weighted by molar-refractivity contribution is -0.193. The van der Waals surface area contributed by atoms with E-state index in [9.17, 15) is 34.5 Å². The predicted octanol–water partition coefficient (Wildman–Crippen LogP) is 5.64. The quantitative estimate of drug-likeness (QED) is 0.142. The fourth-order valence-corrected chi connectivity index (χ4v) is 6.79. The van der Waals surface area contributed by atoms with Crippen LogP contribution in [0.4, 0.5) is 0 Å². The number of benzene rings is 4. The number of carboxylic acid groups (broad SMARTS) is 2. The molecule has 3 heterocycles. The molecule has 3 aromatic carbocycles. The molecular weight excluding hydrogens is 630 g/mol. The largest absolute Gasteiger partial charge is 0.508 e. The van der Waals surface area contributed by atoms with Crippen molar-refractivity contribution in [2.75, 3.05) is 13.6 Å². The third-order valence-electron chi connectivity index (χ3n) is 9.01. The monoisotopic (exact) mass is 661 g/mol. The molecule has 0 fully saturated rings. The summed E-state index contributed by atoms with van der Waals surface area (Å²) in [5.74, 6) is -2.44. The molecule has 2 aliphatic heterocycles. The summed E-state index contributed by atoms with van der Waals surface area (Å²) in [7, 11) is 1.82. The molecule has 1 aromatic heterocycles. The van der Waals surface area contributed by atoms with E-state index in [1.807, 2.05) is 35.9 Å². The summed E-state index contributed by atoms with van der Waals surface area (Å²) < 4.78 is 7.88. The number of hydroxylamine groups is 2. The number of nitrogens with one attached hydrogen (secondary N) is 1. The molecule has 4 aromatic rings. The first kappa shape index (κ1) is 31.6. The number of para-hydroxylation sites is 1. The molecule has 4 N–H and O–H groups in total. The summed E-state index contributed by atoms with van der Waals surface area (Å²) >= 11 is 0. The van der Waals surface area contributed by atoms with Gasteiger partial charge in [-0.1, -0.05) is 24.3 Å². The number of amides is 1. The molecule has 12 nitrogen and oxygen atoms in total. The Labute approximate surface area is 278 Å². The minimum atomic E-state index is -1.25. The van der Waals surface area contributed by atoms with Gasteiger partial charge in [-0.25, -0.2) is 4.79 Å². The van der Waals surface area contributed by atoms with Crippen LogP contribution in [0.1, 0.15) is 50.9 Å². The van der Waals surface area contributed by atoms with E-state index in [0.29, 0.717) is 35.0 Å². The zero-order chi connectivity index (χ0) is 34.4. The first-order chi connectivity index (χ1) is 23.6. The van der Waals surface area contributed by atoms with Crippen LogP contribution in [-0.4, -0.2) is 56.4 Å². The number of carbonyl (C=O) groups excluding carboxylic acids is 1. The Bertz CT molecular complexity index is 2320. The van der Waals surface area contributed by atoms with E-state index in [1.54, 1.807) is 29.3 Å². The minimum absolute atomic E-state index is 0.0322. The lowest BCUT2D eigenvalue weighted by atomic mass is 9.90. The van der Waals surface area contributed by atoms with Crippen molar-refractivity contribution < 1.29 is 39.0 Å². The summed E-state index contributed by atoms with van der Waals surface area (Å²) in [4.78, 5) is 55.5. The number of hydrogen-bond donors (Lipinski definition) is 4. The average molecular weight is 662 g/mol. The van der Waals surface area contributed by atoms with Crippen LogP contribution in [0.15, 0.2) is 88.1 Å². The fraction of sp³-hybridized carbons (Fsp3) is 0.189. The Morgan fingerprint density at radius 3 is 2.53 bits per heavy atom. The molecule has 1 unspecified atom stereocenters. The number of aliphatic carboxylic acids is 1. The van der Waals surface area contributed by atoms with Gasteiger partial charge < -0.3 is 29.6 Å². The molecule has 0 radical (unpaired) electrons. The summed E-state index contributed by atoms with van der Waals surface area (Å²) in [6.07, 6.45) is 0.432. The van der Waals surface area contributed by atoms with Gasteiger partial charge in [0.15, 0.2) is 5.43 Å². The van der Waals surface area contributed by atoms with E-state index >= 15 is 0 Å². The molecule has 49 heavy (non-hydrogen) atoms. The number of fused-ring (bicyclic) bond motifs is 5. The van der Waals surface area contributed by atoms with Gasteiger partial charge in [0.1, 0.15) is 23.7 Å². The van der Waals surface area contributed by atoms with Gasteiger partial charge in [0, 0.05) is 70.8 Å². The fourth-order valence-electron chi connectivity index (χ4n) is 6.79. The highest BCUT2D eigenvalue weighted by atomic mass is 16.7. The first-order valence-corrected chi connectivity index (χ1v) is 15.6. The van der Waals surface area contributed by atoms with Crippen LogP contribution in [-0.2, 0) is 22.8 Å². The van der Waals surface area contributed by atoms with Crippen LogP contribution in [0.2, 0.25) is 0 Å². The molecule has 12 heteroatoms. The third kappa shape index (κ3) is 5.77. The van der Waals surface area contributed by atoms with E-state index in [1.165, 1.54) is 30.3 Å². The number of nitrogens with zero attached hydrogens (tertiary/aromatic N) is 2. The molecule has 1 amide bonds. The van der Waals surface area contributed by atoms with Gasteiger partial charge >= 0.3 is 11.9 Å². The Balaban J connectivity index is 1.17. The van der Waals surface area contributed by atoms with Crippen LogP contribution in [0.25, 0.3) is 44.3 Å². The predicted molar refractivity (Wildman–Crippen MR) is 180 cm³/mol. The van der Waals surface area contributed by atoms with E-state index in [2.05, 4.69) is 5.32 Å². The van der Waals surface area contributed by atoms with Crippen molar-refractivity contribution in [3.05, 3.63) is 111 Å². The van der Waals surface area contributed by atoms with E-state index in [0.717, 1.165) is 22.2 Å². The highest BCUT2D eigenvalue weighted by molar-refractivity contribution is 6.09. The zero-order valence-electron chi connectivity index (χ0n) is 26.3. The summed E-state index contributed by atoms with van der Waals surface area (Å²) in [6, 6.07) is 20.7. The Hall–Kier alpha value is -5.98. The molecule has 0 bridgehead atoms. The molecule has 248 valence electrons. The van der Waals surface area contributed by atoms with Crippen LogP contribution in [0, 0.1) is 0 Å². The molecule has 1 atom stereocenters. The molecule has 0 spiro atoms. The highest BCUT2D eigenvalue weighted by Gasteiger charge is 2.32. The van der Waals surface area contributed by atoms with E-state index in [4.69, 9.17) is 9.25 Å². The smallest absolute Gasteiger partial charge is 0.336 e. The normalized spacial score (nSPS) is 14.7. The van der Waals surface area contributed by atoms with Gasteiger partial charge in [0.2, 0.25) is 0 Å². The number of hydrogen-bond acceptors (Lipinski definition) is 8. The standard InChI is InChI=1S/C37H31N3O9/c1-39-29(35-24-4-2-3-5-28(24)40(15-13-33(43)44)30(35)19-48-39)12-14-38-36(45)20-6-9-23(27(16-20)37(46)47)34-25-10-7-21(41)17-31(25)49-32-18-22(42)8-11-26(32)34/h2-11,16-18,29,41H,12-15,19H2,1H3,(H,38,45)(H,43,44)(H,46,47). The molecule has 0 saturated carbocycles. The number of aromatic hydroxyl groups is 1. The highest BCUT2D eigenvalue weighted by Crippen LogP contribution is 2.42. The average Bonchev–Trinajstić information content (AvgIpc) is 3.40. The maximum Gasteiger partial charge on any atom is 0.336 e. The minimum Gasteiger partial charge on any atom is -0.508 e. The molecule has 1 aliphatic carbocycles. The van der Waals surface area contributed by atoms with Crippen molar-refractivity contribution in [3.63, 3.8) is 0 Å². The number of phenols is 1. The summed E-state index contributed by atoms with van der Waals surface area (Å²) in [6.45, 7) is 0.827. The zero-order valence-corrected chi connectivity index (χ0v) is 26.3. The van der Waals surface area contributed by atoms with Gasteiger partial charge in [0.05, 0.1) is 23.7 Å². The second kappa shape index (κ2) is 12.6. The maximum atomic E-state index is 13.4. The molecule has 7 rings (SSSR count). The third-order valence-corrected chi connectivity index (χ3v) is 9.01. The number of phenolic OH excluding ortho intramolecular Hbond substituents is 1. The van der Waals surface area contributed by atoms with E-state index < -0.39 is 17.8 Å². The Morgan fingerprint density at radius 1 is 0.939 bits per heavy atom. The SMILES string of the molecule is CN1OCc2c(c3ccccc3n2CCC(=O)O)C1CCNC(=O)c1ccc(-c2c3ccc(=O)cc-3oc3cc(O)ccc23)c(C(=O)O)c1. The van der Waals surface area contributed by atoms with Crippen molar-refractivity contribution in [1.29, 1.82) is 0 Å². The number of aryl methyl sites for hydroxylation is 1. The van der Waals surface area contributed by atoms with Crippen LogP contribution in [0.3, 0.4) is 0 Å². The molecule has 3 aliphatic rings. The van der Waals surface area contributed by atoms with Gasteiger partial charge in [-0.2, -0.15) is 5.06 Å². The van der Waals surface area contributed by atoms with Gasteiger partial charge in [-0.3, -0.25) is 19.2 Å². The number of carboxylic acids is 2. The maximum absolute atomic E-state index is 13.4. The summed E-state index contributed by atoms with van der Waals surface area (Å²) in [5, 5.41) is 35.9. The molecule has 0 saturated heterocycles. The lowest BCUT2D eigenvalue weighted by Gasteiger charge is -2.33. The number of aromatic carboxylic acids is 1. The number of aromatic nitrogens is 1. The Morgan fingerprint density at radius 2 is 1.73 bits per heavy atom. The first-order valence-electron chi connectivity index (χ1n) is 15.6. The van der Waals surface area contributed by atoms with Gasteiger partial charge in [-0.05, 0) is 54.4 Å².